The van der Waals surface area contributed by atoms with Gasteiger partial charge in [0.15, 0.2) is 0 Å². The highest BCUT2D eigenvalue weighted by molar-refractivity contribution is 9.12. The van der Waals surface area contributed by atoms with E-state index in [4.69, 9.17) is 0 Å². The summed E-state index contributed by atoms with van der Waals surface area (Å²) in [5, 5.41) is 7.13. The summed E-state index contributed by atoms with van der Waals surface area (Å²) in [6.07, 6.45) is 2.62. The minimum absolute atomic E-state index is 0.0697. The van der Waals surface area contributed by atoms with Gasteiger partial charge in [-0.05, 0) is 44.0 Å². The van der Waals surface area contributed by atoms with E-state index >= 15 is 0 Å². The van der Waals surface area contributed by atoms with Gasteiger partial charge in [-0.15, -0.1) is 11.3 Å². The lowest BCUT2D eigenvalue weighted by atomic mass is 10.3. The van der Waals surface area contributed by atoms with E-state index in [1.54, 1.807) is 4.68 Å². The van der Waals surface area contributed by atoms with Crippen LogP contribution in [-0.2, 0) is 13.5 Å². The molecule has 0 unspecified atom stereocenters. The Bertz CT molecular complexity index is 564. The standard InChI is InChI=1S/C11H11Br2N3OS/c1-16-5-3-7(15-16)2-4-14-11(17)8-6-9(12)18-10(8)13/h3,5-6H,2,4H2,1H3,(H,14,17). The number of hydrogen-bond donors (Lipinski definition) is 1. The molecule has 1 amide bonds. The number of thiophene rings is 1. The first-order valence-electron chi connectivity index (χ1n) is 5.28. The molecule has 2 rings (SSSR count). The number of carbonyl (C=O) groups is 1. The van der Waals surface area contributed by atoms with Crippen LogP contribution in [-0.4, -0.2) is 22.2 Å². The monoisotopic (exact) mass is 391 g/mol. The van der Waals surface area contributed by atoms with Crippen LogP contribution in [0.1, 0.15) is 16.1 Å². The Hall–Kier alpha value is -0.660. The summed E-state index contributed by atoms with van der Waals surface area (Å²) in [5.74, 6) is -0.0697. The summed E-state index contributed by atoms with van der Waals surface area (Å²) in [4.78, 5) is 11.9. The second kappa shape index (κ2) is 5.99. The molecular weight excluding hydrogens is 382 g/mol. The lowest BCUT2D eigenvalue weighted by Crippen LogP contribution is -2.25. The van der Waals surface area contributed by atoms with Crippen molar-refractivity contribution in [3.8, 4) is 0 Å². The molecule has 0 radical (unpaired) electrons. The second-order valence-electron chi connectivity index (χ2n) is 3.72. The Labute approximate surface area is 126 Å². The number of aryl methyl sites for hydroxylation is 1. The first-order valence-corrected chi connectivity index (χ1v) is 7.68. The van der Waals surface area contributed by atoms with Crippen molar-refractivity contribution in [2.24, 2.45) is 7.05 Å². The fraction of sp³-hybridized carbons (Fsp3) is 0.273. The maximum absolute atomic E-state index is 11.9. The van der Waals surface area contributed by atoms with Crippen LogP contribution in [0.25, 0.3) is 0 Å². The Morgan fingerprint density at radius 2 is 2.33 bits per heavy atom. The van der Waals surface area contributed by atoms with Gasteiger partial charge in [0.05, 0.1) is 18.8 Å². The Morgan fingerprint density at radius 1 is 1.56 bits per heavy atom. The molecule has 0 fully saturated rings. The zero-order valence-corrected chi connectivity index (χ0v) is 13.6. The second-order valence-corrected chi connectivity index (χ2v) is 7.47. The van der Waals surface area contributed by atoms with Crippen LogP contribution < -0.4 is 5.32 Å². The smallest absolute Gasteiger partial charge is 0.253 e. The number of rotatable bonds is 4. The molecule has 0 aliphatic heterocycles. The summed E-state index contributed by atoms with van der Waals surface area (Å²) in [5.41, 5.74) is 1.64. The van der Waals surface area contributed by atoms with Crippen molar-refractivity contribution in [3.05, 3.63) is 37.2 Å². The zero-order chi connectivity index (χ0) is 13.1. The number of halogens is 2. The quantitative estimate of drug-likeness (QED) is 0.869. The van der Waals surface area contributed by atoms with Crippen molar-refractivity contribution in [2.45, 2.75) is 6.42 Å². The number of carbonyl (C=O) groups excluding carboxylic acids is 1. The van der Waals surface area contributed by atoms with Crippen LogP contribution in [0.4, 0.5) is 0 Å². The lowest BCUT2D eigenvalue weighted by molar-refractivity contribution is 0.0954. The maximum atomic E-state index is 11.9. The summed E-state index contributed by atoms with van der Waals surface area (Å²) in [6.45, 7) is 0.579. The predicted molar refractivity (Wildman–Crippen MR) is 79.0 cm³/mol. The summed E-state index contributed by atoms with van der Waals surface area (Å²) in [6, 6.07) is 3.76. The van der Waals surface area contributed by atoms with Gasteiger partial charge in [-0.3, -0.25) is 9.48 Å². The molecule has 18 heavy (non-hydrogen) atoms. The normalized spacial score (nSPS) is 10.6. The lowest BCUT2D eigenvalue weighted by Gasteiger charge is -2.02. The van der Waals surface area contributed by atoms with Crippen LogP contribution >= 0.6 is 43.2 Å². The molecule has 0 spiro atoms. The van der Waals surface area contributed by atoms with Gasteiger partial charge in [-0.25, -0.2) is 0 Å². The molecule has 0 saturated heterocycles. The molecule has 7 heteroatoms. The van der Waals surface area contributed by atoms with Crippen molar-refractivity contribution in [1.82, 2.24) is 15.1 Å². The third-order valence-corrected chi connectivity index (χ3v) is 4.68. The molecule has 1 N–H and O–H groups in total. The Morgan fingerprint density at radius 3 is 2.89 bits per heavy atom. The SMILES string of the molecule is Cn1ccc(CCNC(=O)c2cc(Br)sc2Br)n1. The molecular formula is C11H11Br2N3OS. The number of amides is 1. The summed E-state index contributed by atoms with van der Waals surface area (Å²) >= 11 is 8.21. The fourth-order valence-corrected chi connectivity index (χ4v) is 4.28. The number of hydrogen-bond acceptors (Lipinski definition) is 3. The first kappa shape index (κ1) is 13.8. The van der Waals surface area contributed by atoms with Crippen LogP contribution in [0, 0.1) is 0 Å². The first-order chi connectivity index (χ1) is 8.56. The highest BCUT2D eigenvalue weighted by Gasteiger charge is 2.13. The summed E-state index contributed by atoms with van der Waals surface area (Å²) in [7, 11) is 1.88. The van der Waals surface area contributed by atoms with E-state index < -0.39 is 0 Å². The van der Waals surface area contributed by atoms with Crippen LogP contribution in [0.15, 0.2) is 25.9 Å². The number of nitrogens with zero attached hydrogens (tertiary/aromatic N) is 2. The molecule has 4 nitrogen and oxygen atoms in total. The van der Waals surface area contributed by atoms with Crippen molar-refractivity contribution in [1.29, 1.82) is 0 Å². The van der Waals surface area contributed by atoms with Crippen LogP contribution in [0.5, 0.6) is 0 Å². The highest BCUT2D eigenvalue weighted by atomic mass is 79.9. The zero-order valence-electron chi connectivity index (χ0n) is 9.61. The summed E-state index contributed by atoms with van der Waals surface area (Å²) < 4.78 is 3.53. The minimum atomic E-state index is -0.0697. The molecule has 2 aromatic rings. The van der Waals surface area contributed by atoms with Gasteiger partial charge in [0, 0.05) is 26.2 Å². The molecule has 2 heterocycles. The van der Waals surface area contributed by atoms with Gasteiger partial charge in [0.1, 0.15) is 0 Å². The third-order valence-electron chi connectivity index (χ3n) is 2.34. The average molecular weight is 393 g/mol. The van der Waals surface area contributed by atoms with Crippen LogP contribution in [0.2, 0.25) is 0 Å². The average Bonchev–Trinajstić information content (AvgIpc) is 2.85. The molecule has 0 bridgehead atoms. The van der Waals surface area contributed by atoms with E-state index in [-0.39, 0.29) is 5.91 Å². The molecule has 0 saturated carbocycles. The van der Waals surface area contributed by atoms with Crippen molar-refractivity contribution < 1.29 is 4.79 Å². The molecule has 0 aliphatic carbocycles. The van der Waals surface area contributed by atoms with E-state index in [0.717, 1.165) is 19.7 Å². The molecule has 0 aromatic carbocycles. The van der Waals surface area contributed by atoms with Gasteiger partial charge in [-0.2, -0.15) is 5.10 Å². The Kier molecular flexibility index (Phi) is 4.58. The third kappa shape index (κ3) is 3.43. The van der Waals surface area contributed by atoms with Gasteiger partial charge in [0.2, 0.25) is 0 Å². The largest absolute Gasteiger partial charge is 0.352 e. The number of nitrogens with one attached hydrogen (secondary N) is 1. The van der Waals surface area contributed by atoms with Crippen molar-refractivity contribution in [2.75, 3.05) is 6.54 Å². The molecule has 0 aliphatic rings. The molecule has 2 aromatic heterocycles. The van der Waals surface area contributed by atoms with Gasteiger partial charge in [-0.1, -0.05) is 0 Å². The van der Waals surface area contributed by atoms with Crippen molar-refractivity contribution in [3.63, 3.8) is 0 Å². The van der Waals surface area contributed by atoms with Crippen molar-refractivity contribution >= 4 is 49.1 Å². The Balaban J connectivity index is 1.87. The highest BCUT2D eigenvalue weighted by Crippen LogP contribution is 2.31. The minimum Gasteiger partial charge on any atom is -0.352 e. The molecule has 96 valence electrons. The van der Waals surface area contributed by atoms with Gasteiger partial charge < -0.3 is 5.32 Å². The van der Waals surface area contributed by atoms with Crippen LogP contribution in [0.3, 0.4) is 0 Å². The van der Waals surface area contributed by atoms with Gasteiger partial charge in [0.25, 0.3) is 5.91 Å². The number of aromatic nitrogens is 2. The topological polar surface area (TPSA) is 46.9 Å². The van der Waals surface area contributed by atoms with E-state index in [1.165, 1.54) is 11.3 Å². The van der Waals surface area contributed by atoms with E-state index in [0.29, 0.717) is 12.1 Å². The van der Waals surface area contributed by atoms with E-state index in [2.05, 4.69) is 42.3 Å². The van der Waals surface area contributed by atoms with E-state index in [1.807, 2.05) is 25.4 Å². The predicted octanol–water partition coefficient (Wildman–Crippen LogP) is 2.98. The molecule has 0 atom stereocenters. The fourth-order valence-electron chi connectivity index (χ4n) is 1.49. The van der Waals surface area contributed by atoms with Gasteiger partial charge >= 0.3 is 0 Å². The maximum Gasteiger partial charge on any atom is 0.253 e. The van der Waals surface area contributed by atoms with E-state index in [9.17, 15) is 4.79 Å².